The van der Waals surface area contributed by atoms with Crippen molar-refractivity contribution in [1.29, 1.82) is 0 Å². The molecule has 2 saturated heterocycles. The second-order valence-electron chi connectivity index (χ2n) is 8.57. The molecule has 1 amide bonds. The van der Waals surface area contributed by atoms with Crippen LogP contribution >= 0.6 is 0 Å². The van der Waals surface area contributed by atoms with E-state index in [4.69, 9.17) is 14.6 Å². The standard InChI is InChI=1S/C18H32N2O2.C2HF3O2/c1-3-19-11-16(12-22-2)18(13-19)8-9-20(14-18)17(21)10-15-6-4-5-7-15;3-2(4,5)1(6)7/h15-16H,3-14H2,1-2H3;(H,6,7)/t16-,18+;/m0./s1. The van der Waals surface area contributed by atoms with Crippen LogP contribution in [0.3, 0.4) is 0 Å². The topological polar surface area (TPSA) is 70.1 Å². The number of hydrogen-bond acceptors (Lipinski definition) is 4. The first-order chi connectivity index (χ1) is 13.6. The van der Waals surface area contributed by atoms with Crippen LogP contribution in [0.25, 0.3) is 0 Å². The number of alkyl halides is 3. The number of likely N-dealkylation sites (tertiary alicyclic amines) is 2. The number of hydrogen-bond donors (Lipinski definition) is 1. The van der Waals surface area contributed by atoms with Crippen LogP contribution in [0.1, 0.15) is 45.4 Å². The quantitative estimate of drug-likeness (QED) is 0.738. The van der Waals surface area contributed by atoms with Crippen LogP contribution in [0.2, 0.25) is 0 Å². The molecular formula is C20H33F3N2O4. The van der Waals surface area contributed by atoms with Crippen molar-refractivity contribution >= 4 is 11.9 Å². The second-order valence-corrected chi connectivity index (χ2v) is 8.57. The van der Waals surface area contributed by atoms with Crippen LogP contribution in [0, 0.1) is 17.3 Å². The lowest BCUT2D eigenvalue weighted by Gasteiger charge is -2.30. The first kappa shape index (κ1) is 23.9. The molecule has 29 heavy (non-hydrogen) atoms. The number of amides is 1. The molecule has 0 aromatic rings. The van der Waals surface area contributed by atoms with Crippen LogP contribution in [0.15, 0.2) is 0 Å². The predicted molar refractivity (Wildman–Crippen MR) is 101 cm³/mol. The van der Waals surface area contributed by atoms with Crippen molar-refractivity contribution in [2.45, 2.75) is 51.6 Å². The summed E-state index contributed by atoms with van der Waals surface area (Å²) in [6.07, 6.45) is 2.05. The van der Waals surface area contributed by atoms with Gasteiger partial charge in [0.2, 0.25) is 5.91 Å². The molecule has 0 aromatic carbocycles. The van der Waals surface area contributed by atoms with Crippen LogP contribution in [0.5, 0.6) is 0 Å². The number of carboxylic acid groups (broad SMARTS) is 1. The Labute approximate surface area is 170 Å². The summed E-state index contributed by atoms with van der Waals surface area (Å²) in [6.45, 7) is 8.38. The van der Waals surface area contributed by atoms with Gasteiger partial charge in [-0.25, -0.2) is 4.79 Å². The van der Waals surface area contributed by atoms with E-state index < -0.39 is 12.1 Å². The highest BCUT2D eigenvalue weighted by molar-refractivity contribution is 5.77. The van der Waals surface area contributed by atoms with E-state index in [0.29, 0.717) is 17.7 Å². The maximum atomic E-state index is 12.6. The number of carbonyl (C=O) groups is 2. The fourth-order valence-corrected chi connectivity index (χ4v) is 4.98. The molecule has 3 rings (SSSR count). The number of halogens is 3. The molecule has 0 bridgehead atoms. The fourth-order valence-electron chi connectivity index (χ4n) is 4.98. The van der Waals surface area contributed by atoms with Crippen LogP contribution in [-0.4, -0.2) is 79.4 Å². The molecular weight excluding hydrogens is 389 g/mol. The Kier molecular flexibility index (Phi) is 8.34. The summed E-state index contributed by atoms with van der Waals surface area (Å²) in [4.78, 5) is 26.2. The van der Waals surface area contributed by atoms with Crippen molar-refractivity contribution in [3.8, 4) is 0 Å². The summed E-state index contributed by atoms with van der Waals surface area (Å²) in [5.41, 5.74) is 0.289. The molecule has 3 fully saturated rings. The summed E-state index contributed by atoms with van der Waals surface area (Å²) in [5, 5.41) is 7.12. The van der Waals surface area contributed by atoms with Gasteiger partial charge >= 0.3 is 12.1 Å². The molecule has 3 aliphatic rings. The monoisotopic (exact) mass is 422 g/mol. The third-order valence-electron chi connectivity index (χ3n) is 6.62. The number of aliphatic carboxylic acids is 1. The minimum absolute atomic E-state index is 0.289. The fraction of sp³-hybridized carbons (Fsp3) is 0.900. The summed E-state index contributed by atoms with van der Waals surface area (Å²) >= 11 is 0. The Morgan fingerprint density at radius 2 is 1.83 bits per heavy atom. The molecule has 0 aromatic heterocycles. The van der Waals surface area contributed by atoms with Crippen LogP contribution < -0.4 is 0 Å². The highest BCUT2D eigenvalue weighted by atomic mass is 19.4. The van der Waals surface area contributed by atoms with Crippen molar-refractivity contribution < 1.29 is 32.6 Å². The molecule has 1 spiro atoms. The van der Waals surface area contributed by atoms with E-state index in [1.165, 1.54) is 25.7 Å². The molecule has 6 nitrogen and oxygen atoms in total. The minimum atomic E-state index is -5.08. The SMILES string of the molecule is CCN1C[C@@H](COC)[C@]2(CCN(C(=O)CC3CCCC3)C2)C1.O=C(O)C(F)(F)F. The lowest BCUT2D eigenvalue weighted by molar-refractivity contribution is -0.192. The minimum Gasteiger partial charge on any atom is -0.475 e. The van der Waals surface area contributed by atoms with E-state index in [1.54, 1.807) is 7.11 Å². The Bertz CT molecular complexity index is 566. The lowest BCUT2D eigenvalue weighted by Crippen LogP contribution is -2.38. The van der Waals surface area contributed by atoms with E-state index in [9.17, 15) is 18.0 Å². The third kappa shape index (κ3) is 6.31. The van der Waals surface area contributed by atoms with Gasteiger partial charge in [-0.2, -0.15) is 13.2 Å². The third-order valence-corrected chi connectivity index (χ3v) is 6.62. The van der Waals surface area contributed by atoms with Crippen molar-refractivity contribution in [2.24, 2.45) is 17.3 Å². The Balaban J connectivity index is 0.000000370. The largest absolute Gasteiger partial charge is 0.490 e. The molecule has 2 aliphatic heterocycles. The second kappa shape index (κ2) is 10.1. The highest BCUT2D eigenvalue weighted by Crippen LogP contribution is 2.44. The highest BCUT2D eigenvalue weighted by Gasteiger charge is 2.50. The molecule has 168 valence electrons. The summed E-state index contributed by atoms with van der Waals surface area (Å²) in [6, 6.07) is 0. The van der Waals surface area contributed by atoms with Crippen molar-refractivity contribution in [3.05, 3.63) is 0 Å². The number of ether oxygens (including phenoxy) is 1. The summed E-state index contributed by atoms with van der Waals surface area (Å²) in [7, 11) is 1.81. The van der Waals surface area contributed by atoms with Gasteiger partial charge in [0.15, 0.2) is 0 Å². The molecule has 2 atom stereocenters. The zero-order valence-corrected chi connectivity index (χ0v) is 17.3. The first-order valence-corrected chi connectivity index (χ1v) is 10.4. The molecule has 0 radical (unpaired) electrons. The molecule has 1 aliphatic carbocycles. The van der Waals surface area contributed by atoms with Gasteiger partial charge in [0.25, 0.3) is 0 Å². The Morgan fingerprint density at radius 3 is 2.34 bits per heavy atom. The summed E-state index contributed by atoms with van der Waals surface area (Å²) in [5.74, 6) is -1.10. The van der Waals surface area contributed by atoms with E-state index in [0.717, 1.165) is 52.2 Å². The smallest absolute Gasteiger partial charge is 0.475 e. The van der Waals surface area contributed by atoms with E-state index >= 15 is 0 Å². The van der Waals surface area contributed by atoms with Gasteiger partial charge in [0.1, 0.15) is 0 Å². The van der Waals surface area contributed by atoms with Crippen molar-refractivity contribution in [3.63, 3.8) is 0 Å². The van der Waals surface area contributed by atoms with E-state index in [1.807, 2.05) is 0 Å². The Hall–Kier alpha value is -1.35. The zero-order valence-electron chi connectivity index (χ0n) is 17.3. The van der Waals surface area contributed by atoms with Crippen LogP contribution in [-0.2, 0) is 14.3 Å². The maximum Gasteiger partial charge on any atom is 0.490 e. The van der Waals surface area contributed by atoms with Gasteiger partial charge in [-0.05, 0) is 31.7 Å². The van der Waals surface area contributed by atoms with Gasteiger partial charge in [0.05, 0.1) is 6.61 Å². The van der Waals surface area contributed by atoms with Gasteiger partial charge in [-0.3, -0.25) is 4.79 Å². The van der Waals surface area contributed by atoms with E-state index in [-0.39, 0.29) is 5.41 Å². The van der Waals surface area contributed by atoms with Gasteiger partial charge in [-0.1, -0.05) is 19.8 Å². The number of carboxylic acids is 1. The molecule has 1 saturated carbocycles. The first-order valence-electron chi connectivity index (χ1n) is 10.4. The molecule has 0 unspecified atom stereocenters. The average molecular weight is 422 g/mol. The number of carbonyl (C=O) groups excluding carboxylic acids is 1. The number of methoxy groups -OCH3 is 1. The van der Waals surface area contributed by atoms with Crippen molar-refractivity contribution in [1.82, 2.24) is 9.80 Å². The normalized spacial score (nSPS) is 28.0. The molecule has 2 heterocycles. The van der Waals surface area contributed by atoms with Crippen LogP contribution in [0.4, 0.5) is 13.2 Å². The lowest BCUT2D eigenvalue weighted by atomic mass is 9.77. The summed E-state index contributed by atoms with van der Waals surface area (Å²) < 4.78 is 37.2. The zero-order chi connectivity index (χ0) is 21.7. The maximum absolute atomic E-state index is 12.6. The van der Waals surface area contributed by atoms with Gasteiger partial charge < -0.3 is 19.6 Å². The predicted octanol–water partition coefficient (Wildman–Crippen LogP) is 3.02. The molecule has 1 N–H and O–H groups in total. The van der Waals surface area contributed by atoms with E-state index in [2.05, 4.69) is 16.7 Å². The van der Waals surface area contributed by atoms with Crippen molar-refractivity contribution in [2.75, 3.05) is 46.4 Å². The Morgan fingerprint density at radius 1 is 1.21 bits per heavy atom. The van der Waals surface area contributed by atoms with Gasteiger partial charge in [0, 0.05) is 51.0 Å². The number of rotatable bonds is 5. The molecule has 9 heteroatoms. The average Bonchev–Trinajstić information content (AvgIpc) is 3.37. The van der Waals surface area contributed by atoms with Gasteiger partial charge in [-0.15, -0.1) is 0 Å². The number of nitrogens with zero attached hydrogens (tertiary/aromatic N) is 2.